The Bertz CT molecular complexity index is 1260. The number of aromatic nitrogens is 1. The summed E-state index contributed by atoms with van der Waals surface area (Å²) < 4.78 is 11.8. The van der Waals surface area contributed by atoms with Gasteiger partial charge >= 0.3 is 0 Å². The van der Waals surface area contributed by atoms with Crippen molar-refractivity contribution in [1.82, 2.24) is 9.88 Å². The van der Waals surface area contributed by atoms with Crippen LogP contribution in [0.5, 0.6) is 5.75 Å². The minimum absolute atomic E-state index is 0.0420. The lowest BCUT2D eigenvalue weighted by Gasteiger charge is -2.14. The lowest BCUT2D eigenvalue weighted by atomic mass is 10.1. The number of hydrogen-bond acceptors (Lipinski definition) is 4. The molecule has 1 amide bonds. The van der Waals surface area contributed by atoms with Gasteiger partial charge in [-0.05, 0) is 55.0 Å². The Morgan fingerprint density at radius 2 is 1.79 bits per heavy atom. The Kier molecular flexibility index (Phi) is 6.80. The third kappa shape index (κ3) is 5.44. The van der Waals surface area contributed by atoms with Crippen molar-refractivity contribution in [3.63, 3.8) is 0 Å². The summed E-state index contributed by atoms with van der Waals surface area (Å²) in [6.07, 6.45) is 0.577. The molecule has 0 unspecified atom stereocenters. The number of carbonyl (C=O) groups is 1. The van der Waals surface area contributed by atoms with Gasteiger partial charge in [0.25, 0.3) is 5.91 Å². The van der Waals surface area contributed by atoms with E-state index in [1.807, 2.05) is 79.7 Å². The van der Waals surface area contributed by atoms with E-state index >= 15 is 0 Å². The van der Waals surface area contributed by atoms with Gasteiger partial charge in [0.05, 0.1) is 0 Å². The maximum atomic E-state index is 12.4. The van der Waals surface area contributed by atoms with E-state index in [1.165, 1.54) is 0 Å². The van der Waals surface area contributed by atoms with Crippen LogP contribution in [0.1, 0.15) is 33.1 Å². The van der Waals surface area contributed by atoms with Crippen LogP contribution >= 0.6 is 11.6 Å². The maximum absolute atomic E-state index is 12.4. The molecule has 0 aliphatic carbocycles. The second kappa shape index (κ2) is 9.92. The van der Waals surface area contributed by atoms with Crippen LogP contribution in [-0.2, 0) is 13.0 Å². The number of halogens is 1. The molecule has 1 heterocycles. The molecule has 33 heavy (non-hydrogen) atoms. The highest BCUT2D eigenvalue weighted by Crippen LogP contribution is 2.27. The molecule has 1 aromatic heterocycles. The first-order valence-corrected chi connectivity index (χ1v) is 11.0. The largest absolute Gasteiger partial charge is 0.489 e. The predicted octanol–water partition coefficient (Wildman–Crippen LogP) is 6.18. The maximum Gasteiger partial charge on any atom is 0.253 e. The zero-order valence-corrected chi connectivity index (χ0v) is 19.6. The van der Waals surface area contributed by atoms with Crippen molar-refractivity contribution < 1.29 is 13.9 Å². The van der Waals surface area contributed by atoms with Crippen molar-refractivity contribution in [3.8, 4) is 17.0 Å². The molecule has 0 radical (unpaired) electrons. The molecule has 5 nitrogen and oxygen atoms in total. The van der Waals surface area contributed by atoms with Crippen LogP contribution in [0.2, 0.25) is 5.02 Å². The average Bonchev–Trinajstić information content (AvgIpc) is 3.17. The van der Waals surface area contributed by atoms with Crippen LogP contribution in [0.4, 0.5) is 0 Å². The summed E-state index contributed by atoms with van der Waals surface area (Å²) in [6.45, 7) is 2.22. The number of oxazole rings is 1. The van der Waals surface area contributed by atoms with Crippen LogP contribution < -0.4 is 4.74 Å². The first-order valence-electron chi connectivity index (χ1n) is 10.6. The van der Waals surface area contributed by atoms with E-state index in [4.69, 9.17) is 20.8 Å². The smallest absolute Gasteiger partial charge is 0.253 e. The van der Waals surface area contributed by atoms with E-state index in [9.17, 15) is 4.79 Å². The molecule has 168 valence electrons. The monoisotopic (exact) mass is 460 g/mol. The fourth-order valence-electron chi connectivity index (χ4n) is 3.58. The van der Waals surface area contributed by atoms with Crippen molar-refractivity contribution >= 4 is 17.5 Å². The number of carbonyl (C=O) groups excluding carboxylic acids is 1. The molecule has 0 aliphatic rings. The van der Waals surface area contributed by atoms with Crippen molar-refractivity contribution in [2.45, 2.75) is 20.0 Å². The van der Waals surface area contributed by atoms with Crippen LogP contribution in [0, 0.1) is 6.92 Å². The van der Waals surface area contributed by atoms with Gasteiger partial charge in [0.1, 0.15) is 23.8 Å². The molecular formula is C27H25ClN2O3. The van der Waals surface area contributed by atoms with Crippen LogP contribution in [-0.4, -0.2) is 29.9 Å². The molecule has 4 aromatic rings. The Morgan fingerprint density at radius 1 is 1.03 bits per heavy atom. The first kappa shape index (κ1) is 22.6. The lowest BCUT2D eigenvalue weighted by Crippen LogP contribution is -2.23. The van der Waals surface area contributed by atoms with Gasteiger partial charge in [-0.15, -0.1) is 0 Å². The highest BCUT2D eigenvalue weighted by Gasteiger charge is 2.14. The summed E-state index contributed by atoms with van der Waals surface area (Å²) in [6, 6.07) is 22.9. The van der Waals surface area contributed by atoms with Gasteiger partial charge in [-0.2, -0.15) is 0 Å². The van der Waals surface area contributed by atoms with Crippen LogP contribution in [0.15, 0.2) is 77.2 Å². The molecular weight excluding hydrogens is 436 g/mol. The number of amides is 1. The van der Waals surface area contributed by atoms with E-state index in [0.29, 0.717) is 35.3 Å². The number of aryl methyl sites for hydroxylation is 1. The van der Waals surface area contributed by atoms with E-state index in [-0.39, 0.29) is 5.91 Å². The number of benzene rings is 3. The summed E-state index contributed by atoms with van der Waals surface area (Å²) in [5, 5.41) is 0.695. The summed E-state index contributed by atoms with van der Waals surface area (Å²) in [4.78, 5) is 18.6. The molecule has 0 spiro atoms. The van der Waals surface area contributed by atoms with Gasteiger partial charge in [0.15, 0.2) is 5.89 Å². The summed E-state index contributed by atoms with van der Waals surface area (Å²) in [7, 11) is 3.48. The second-order valence-corrected chi connectivity index (χ2v) is 8.43. The summed E-state index contributed by atoms with van der Waals surface area (Å²) in [5.41, 5.74) is 4.29. The quantitative estimate of drug-likeness (QED) is 0.330. The van der Waals surface area contributed by atoms with Crippen molar-refractivity contribution in [1.29, 1.82) is 0 Å². The molecule has 0 saturated carbocycles. The van der Waals surface area contributed by atoms with Gasteiger partial charge in [-0.25, -0.2) is 4.98 Å². The molecule has 0 N–H and O–H groups in total. The zero-order chi connectivity index (χ0) is 23.4. The number of rotatable bonds is 7. The van der Waals surface area contributed by atoms with Crippen LogP contribution in [0.25, 0.3) is 11.3 Å². The Balaban J connectivity index is 1.45. The summed E-state index contributed by atoms with van der Waals surface area (Å²) in [5.74, 6) is 2.08. The highest BCUT2D eigenvalue weighted by atomic mass is 35.5. The van der Waals surface area contributed by atoms with E-state index in [2.05, 4.69) is 4.98 Å². The standard InChI is InChI=1S/C27H25ClN2O3/c1-18-26(29-25(33-18)16-19-7-6-9-22(28)15-19)20-11-13-23(14-12-20)32-17-21-8-4-5-10-24(21)27(31)30(2)3/h4-15H,16-17H2,1-3H3. The molecule has 6 heteroatoms. The van der Waals surface area contributed by atoms with Gasteiger partial charge < -0.3 is 14.1 Å². The van der Waals surface area contributed by atoms with E-state index in [1.54, 1.807) is 19.0 Å². The highest BCUT2D eigenvalue weighted by molar-refractivity contribution is 6.30. The normalized spacial score (nSPS) is 10.8. The molecule has 4 rings (SSSR count). The minimum Gasteiger partial charge on any atom is -0.489 e. The topological polar surface area (TPSA) is 55.6 Å². The molecule has 0 saturated heterocycles. The number of hydrogen-bond donors (Lipinski definition) is 0. The van der Waals surface area contributed by atoms with Crippen molar-refractivity contribution in [3.05, 3.63) is 106 Å². The Labute approximate surface area is 198 Å². The number of ether oxygens (including phenoxy) is 1. The van der Waals surface area contributed by atoms with Gasteiger partial charge in [-0.3, -0.25) is 4.79 Å². The van der Waals surface area contributed by atoms with Crippen molar-refractivity contribution in [2.75, 3.05) is 14.1 Å². The van der Waals surface area contributed by atoms with Gasteiger partial charge in [-0.1, -0.05) is 41.9 Å². The molecule has 3 aromatic carbocycles. The van der Waals surface area contributed by atoms with Crippen molar-refractivity contribution in [2.24, 2.45) is 0 Å². The third-order valence-electron chi connectivity index (χ3n) is 5.26. The average molecular weight is 461 g/mol. The predicted molar refractivity (Wildman–Crippen MR) is 130 cm³/mol. The minimum atomic E-state index is -0.0420. The third-order valence-corrected chi connectivity index (χ3v) is 5.50. The fraction of sp³-hybridized carbons (Fsp3) is 0.185. The molecule has 0 bridgehead atoms. The molecule has 0 atom stereocenters. The van der Waals surface area contributed by atoms with E-state index in [0.717, 1.165) is 28.1 Å². The molecule has 0 aliphatic heterocycles. The SMILES string of the molecule is Cc1oc(Cc2cccc(Cl)c2)nc1-c1ccc(OCc2ccccc2C(=O)N(C)C)cc1. The number of nitrogens with zero attached hydrogens (tertiary/aromatic N) is 2. The lowest BCUT2D eigenvalue weighted by molar-refractivity contribution is 0.0825. The first-order chi connectivity index (χ1) is 15.9. The van der Waals surface area contributed by atoms with Gasteiger partial charge in [0.2, 0.25) is 0 Å². The summed E-state index contributed by atoms with van der Waals surface area (Å²) >= 11 is 6.08. The van der Waals surface area contributed by atoms with Crippen LogP contribution in [0.3, 0.4) is 0 Å². The van der Waals surface area contributed by atoms with Gasteiger partial charge in [0, 0.05) is 42.2 Å². The Morgan fingerprint density at radius 3 is 2.52 bits per heavy atom. The zero-order valence-electron chi connectivity index (χ0n) is 18.8. The Hall–Kier alpha value is -3.57. The second-order valence-electron chi connectivity index (χ2n) is 7.99. The fourth-order valence-corrected chi connectivity index (χ4v) is 3.79. The van der Waals surface area contributed by atoms with E-state index < -0.39 is 0 Å². The molecule has 0 fully saturated rings.